The first-order valence-corrected chi connectivity index (χ1v) is 11.4. The summed E-state index contributed by atoms with van der Waals surface area (Å²) in [6, 6.07) is 15.9. The monoisotopic (exact) mass is 483 g/mol. The Hall–Kier alpha value is -4.66. The molecule has 0 bridgehead atoms. The fourth-order valence-corrected chi connectivity index (χ4v) is 3.86. The van der Waals surface area contributed by atoms with Crippen LogP contribution in [-0.2, 0) is 0 Å². The molecule has 0 aliphatic heterocycles. The number of para-hydroxylation sites is 1. The van der Waals surface area contributed by atoms with Crippen molar-refractivity contribution in [2.75, 3.05) is 12.4 Å². The van der Waals surface area contributed by atoms with Gasteiger partial charge < -0.3 is 19.2 Å². The number of rotatable bonds is 6. The number of carbonyl (C=O) groups excluding carboxylic acids is 1. The number of furan rings is 1. The van der Waals surface area contributed by atoms with Crippen molar-refractivity contribution in [1.29, 1.82) is 0 Å². The van der Waals surface area contributed by atoms with Gasteiger partial charge in [0.25, 0.3) is 5.91 Å². The smallest absolute Gasteiger partial charge is 0.291 e. The summed E-state index contributed by atoms with van der Waals surface area (Å²) in [6.07, 6.45) is 0. The summed E-state index contributed by atoms with van der Waals surface area (Å²) in [4.78, 5) is 21.6. The van der Waals surface area contributed by atoms with E-state index >= 15 is 0 Å². The zero-order valence-corrected chi connectivity index (χ0v) is 20.6. The van der Waals surface area contributed by atoms with Gasteiger partial charge in [0.2, 0.25) is 5.88 Å². The van der Waals surface area contributed by atoms with Crippen LogP contribution in [0.4, 0.5) is 5.69 Å². The largest absolute Gasteiger partial charge is 0.493 e. The van der Waals surface area contributed by atoms with Crippen LogP contribution in [0.5, 0.6) is 17.4 Å². The van der Waals surface area contributed by atoms with Crippen molar-refractivity contribution < 1.29 is 18.7 Å². The van der Waals surface area contributed by atoms with E-state index in [4.69, 9.17) is 13.9 Å². The van der Waals surface area contributed by atoms with Gasteiger partial charge in [-0.05, 0) is 69.7 Å². The minimum atomic E-state index is -0.363. The van der Waals surface area contributed by atoms with E-state index in [-0.39, 0.29) is 11.7 Å². The second-order valence-corrected chi connectivity index (χ2v) is 8.39. The topological polar surface area (TPSA) is 104 Å². The zero-order valence-electron chi connectivity index (χ0n) is 20.6. The number of benzene rings is 2. The Morgan fingerprint density at radius 2 is 1.78 bits per heavy atom. The van der Waals surface area contributed by atoms with Gasteiger partial charge >= 0.3 is 0 Å². The van der Waals surface area contributed by atoms with Gasteiger partial charge in [0.1, 0.15) is 11.6 Å². The first kappa shape index (κ1) is 23.1. The van der Waals surface area contributed by atoms with Gasteiger partial charge in [-0.15, -0.1) is 0 Å². The van der Waals surface area contributed by atoms with Crippen LogP contribution in [0.3, 0.4) is 0 Å². The molecule has 9 heteroatoms. The number of nitrogens with one attached hydrogen (secondary N) is 1. The van der Waals surface area contributed by atoms with Crippen molar-refractivity contribution in [3.05, 3.63) is 83.1 Å². The van der Waals surface area contributed by atoms with Crippen molar-refractivity contribution in [2.24, 2.45) is 0 Å². The molecule has 3 heterocycles. The minimum absolute atomic E-state index is 0.193. The first-order chi connectivity index (χ1) is 17.3. The van der Waals surface area contributed by atoms with E-state index in [9.17, 15) is 4.79 Å². The Bertz CT molecular complexity index is 1580. The van der Waals surface area contributed by atoms with Crippen LogP contribution in [0.15, 0.2) is 59.0 Å². The molecular formula is C27H25N5O4. The van der Waals surface area contributed by atoms with Crippen LogP contribution in [0.25, 0.3) is 16.8 Å². The predicted octanol–water partition coefficient (Wildman–Crippen LogP) is 5.70. The van der Waals surface area contributed by atoms with Crippen molar-refractivity contribution >= 4 is 22.6 Å². The molecule has 182 valence electrons. The minimum Gasteiger partial charge on any atom is -0.493 e. The number of hydrogen-bond donors (Lipinski definition) is 1. The summed E-state index contributed by atoms with van der Waals surface area (Å²) < 4.78 is 18.8. The Balaban J connectivity index is 1.31. The molecule has 0 aliphatic carbocycles. The van der Waals surface area contributed by atoms with Gasteiger partial charge in [0, 0.05) is 22.8 Å². The van der Waals surface area contributed by atoms with Gasteiger partial charge in [-0.3, -0.25) is 4.79 Å². The Morgan fingerprint density at radius 1 is 1.00 bits per heavy atom. The average Bonchev–Trinajstić information content (AvgIpc) is 3.42. The van der Waals surface area contributed by atoms with E-state index < -0.39 is 0 Å². The lowest BCUT2D eigenvalue weighted by Crippen LogP contribution is -2.10. The van der Waals surface area contributed by atoms with Gasteiger partial charge in [-0.2, -0.15) is 10.1 Å². The maximum atomic E-state index is 12.7. The molecule has 0 saturated carbocycles. The molecule has 0 fully saturated rings. The fraction of sp³-hybridized carbons (Fsp3) is 0.185. The van der Waals surface area contributed by atoms with E-state index in [0.717, 1.165) is 22.3 Å². The molecule has 1 amide bonds. The van der Waals surface area contributed by atoms with Gasteiger partial charge in [-0.1, -0.05) is 12.1 Å². The third-order valence-electron chi connectivity index (χ3n) is 5.96. The molecule has 0 unspecified atom stereocenters. The Morgan fingerprint density at radius 3 is 2.47 bits per heavy atom. The van der Waals surface area contributed by atoms with Gasteiger partial charge in [-0.25, -0.2) is 9.67 Å². The number of methoxy groups -OCH3 is 1. The number of nitrogens with zero attached hydrogens (tertiary/aromatic N) is 4. The molecule has 0 aliphatic rings. The molecule has 3 aromatic heterocycles. The fourth-order valence-electron chi connectivity index (χ4n) is 3.86. The SMILES string of the molecule is COc1cccc2cc(C(=O)Nc3ccc(Oc4cc(-n5nc(C)c(C)c5C)nc(C)n4)cc3)oc12. The van der Waals surface area contributed by atoms with Gasteiger partial charge in [0.15, 0.2) is 22.9 Å². The van der Waals surface area contributed by atoms with Crippen molar-refractivity contribution in [3.8, 4) is 23.2 Å². The number of hydrogen-bond acceptors (Lipinski definition) is 7. The lowest BCUT2D eigenvalue weighted by molar-refractivity contribution is 0.0998. The molecule has 2 aromatic carbocycles. The molecule has 5 rings (SSSR count). The molecule has 0 saturated heterocycles. The first-order valence-electron chi connectivity index (χ1n) is 11.4. The van der Waals surface area contributed by atoms with E-state index in [0.29, 0.717) is 40.3 Å². The summed E-state index contributed by atoms with van der Waals surface area (Å²) >= 11 is 0. The maximum Gasteiger partial charge on any atom is 0.291 e. The summed E-state index contributed by atoms with van der Waals surface area (Å²) in [5.41, 5.74) is 4.21. The predicted molar refractivity (Wildman–Crippen MR) is 135 cm³/mol. The highest BCUT2D eigenvalue weighted by molar-refractivity contribution is 6.05. The third-order valence-corrected chi connectivity index (χ3v) is 5.96. The van der Waals surface area contributed by atoms with Crippen LogP contribution in [0.1, 0.15) is 33.3 Å². The molecule has 0 spiro atoms. The summed E-state index contributed by atoms with van der Waals surface area (Å²) in [5, 5.41) is 8.20. The van der Waals surface area contributed by atoms with E-state index in [2.05, 4.69) is 20.4 Å². The lowest BCUT2D eigenvalue weighted by Gasteiger charge is -2.10. The number of aromatic nitrogens is 4. The van der Waals surface area contributed by atoms with Crippen LogP contribution < -0.4 is 14.8 Å². The van der Waals surface area contributed by atoms with E-state index in [1.807, 2.05) is 32.9 Å². The van der Waals surface area contributed by atoms with Crippen LogP contribution in [-0.4, -0.2) is 32.8 Å². The molecule has 9 nitrogen and oxygen atoms in total. The number of amides is 1. The number of aryl methyl sites for hydroxylation is 2. The molecule has 0 atom stereocenters. The maximum absolute atomic E-state index is 12.7. The third kappa shape index (κ3) is 4.38. The lowest BCUT2D eigenvalue weighted by atomic mass is 10.2. The Labute approximate surface area is 207 Å². The zero-order chi connectivity index (χ0) is 25.4. The average molecular weight is 484 g/mol. The number of fused-ring (bicyclic) bond motifs is 1. The van der Waals surface area contributed by atoms with Crippen molar-refractivity contribution in [2.45, 2.75) is 27.7 Å². The molecule has 5 aromatic rings. The van der Waals surface area contributed by atoms with Crippen molar-refractivity contribution in [1.82, 2.24) is 19.7 Å². The second-order valence-electron chi connectivity index (χ2n) is 8.39. The highest BCUT2D eigenvalue weighted by Gasteiger charge is 2.16. The second kappa shape index (κ2) is 9.18. The number of ether oxygens (including phenoxy) is 2. The van der Waals surface area contributed by atoms with Crippen LogP contribution in [0, 0.1) is 27.7 Å². The molecule has 0 radical (unpaired) electrons. The quantitative estimate of drug-likeness (QED) is 0.330. The highest BCUT2D eigenvalue weighted by atomic mass is 16.5. The Kier molecular flexibility index (Phi) is 5.89. The van der Waals surface area contributed by atoms with Crippen LogP contribution >= 0.6 is 0 Å². The molecular weight excluding hydrogens is 458 g/mol. The number of anilines is 1. The van der Waals surface area contributed by atoms with E-state index in [1.54, 1.807) is 61.2 Å². The summed E-state index contributed by atoms with van der Waals surface area (Å²) in [6.45, 7) is 7.81. The molecule has 1 N–H and O–H groups in total. The van der Waals surface area contributed by atoms with Gasteiger partial charge in [0.05, 0.1) is 12.8 Å². The molecule has 36 heavy (non-hydrogen) atoms. The summed E-state index contributed by atoms with van der Waals surface area (Å²) in [5.74, 6) is 2.57. The van der Waals surface area contributed by atoms with E-state index in [1.165, 1.54) is 0 Å². The van der Waals surface area contributed by atoms with Crippen LogP contribution in [0.2, 0.25) is 0 Å². The summed E-state index contributed by atoms with van der Waals surface area (Å²) in [7, 11) is 1.56. The van der Waals surface area contributed by atoms with Crippen molar-refractivity contribution in [3.63, 3.8) is 0 Å². The standard InChI is InChI=1S/C27H25N5O4/c1-15-16(2)31-32(17(15)3)24-14-25(29-18(4)28-24)35-21-11-9-20(10-12-21)30-27(33)23-13-19-7-6-8-22(34-5)26(19)36-23/h6-14H,1-5H3,(H,30,33). The highest BCUT2D eigenvalue weighted by Crippen LogP contribution is 2.29. The normalized spacial score (nSPS) is 11.0. The number of carbonyl (C=O) groups is 1.